The number of esters is 2. The van der Waals surface area contributed by atoms with Crippen LogP contribution in [0.4, 0.5) is 4.39 Å². The van der Waals surface area contributed by atoms with Crippen molar-refractivity contribution in [2.75, 3.05) is 19.8 Å². The fourth-order valence-corrected chi connectivity index (χ4v) is 5.01. The van der Waals surface area contributed by atoms with Gasteiger partial charge in [-0.05, 0) is 43.0 Å². The van der Waals surface area contributed by atoms with Crippen LogP contribution in [0, 0.1) is 5.82 Å². The summed E-state index contributed by atoms with van der Waals surface area (Å²) < 4.78 is 28.5. The van der Waals surface area contributed by atoms with E-state index >= 15 is 4.39 Å². The zero-order valence-electron chi connectivity index (χ0n) is 22.5. The van der Waals surface area contributed by atoms with Gasteiger partial charge in [0.05, 0.1) is 25.3 Å². The number of benzene rings is 3. The van der Waals surface area contributed by atoms with Crippen LogP contribution in [0.1, 0.15) is 59.0 Å². The molecule has 2 N–H and O–H groups in total. The van der Waals surface area contributed by atoms with E-state index in [-0.39, 0.29) is 34.7 Å². The molecule has 1 aliphatic carbocycles. The van der Waals surface area contributed by atoms with E-state index < -0.39 is 47.9 Å². The minimum absolute atomic E-state index is 0.0465. The molecule has 0 aliphatic heterocycles. The number of nitrogens with zero attached hydrogens (tertiary/aromatic N) is 1. The largest absolute Gasteiger partial charge is 0.462 e. The Morgan fingerprint density at radius 2 is 1.59 bits per heavy atom. The van der Waals surface area contributed by atoms with Crippen molar-refractivity contribution < 1.29 is 33.7 Å². The fraction of sp³-hybridized carbons (Fsp3) is 0.281. The molecule has 8 nitrogen and oxygen atoms in total. The molecule has 0 spiro atoms. The van der Waals surface area contributed by atoms with Crippen molar-refractivity contribution in [3.05, 3.63) is 117 Å². The number of aliphatic hydroxyl groups excluding tert-OH is 2. The Balaban J connectivity index is 1.63. The third-order valence-corrected chi connectivity index (χ3v) is 7.43. The molecule has 5 rings (SSSR count). The normalized spacial score (nSPS) is 13.4. The number of ether oxygens (including phenoxy) is 2. The number of hydrogen-bond donors (Lipinski definition) is 2. The van der Waals surface area contributed by atoms with E-state index in [1.807, 2.05) is 12.1 Å². The first kappa shape index (κ1) is 28.2. The number of halogens is 1. The van der Waals surface area contributed by atoms with Gasteiger partial charge in [-0.3, -0.25) is 9.59 Å². The van der Waals surface area contributed by atoms with Gasteiger partial charge in [0.25, 0.3) is 0 Å². The highest BCUT2D eigenvalue weighted by atomic mass is 19.1. The van der Waals surface area contributed by atoms with Gasteiger partial charge >= 0.3 is 11.9 Å². The first-order valence-electron chi connectivity index (χ1n) is 13.4. The molecule has 41 heavy (non-hydrogen) atoms. The topological polar surface area (TPSA) is 115 Å². The zero-order chi connectivity index (χ0) is 29.1. The summed E-state index contributed by atoms with van der Waals surface area (Å²) in [5.74, 6) is -2.86. The Hall–Kier alpha value is -4.34. The first-order valence-corrected chi connectivity index (χ1v) is 13.4. The Labute approximate surface area is 235 Å². The third kappa shape index (κ3) is 5.26. The SMILES string of the molecule is CCOC(=O)c1cn(C2CC2)c2cc(C(CO)(CO)C(=O)OC(c3ccccc3)c3ccccc3)c(F)cc2c1=O. The Morgan fingerprint density at radius 1 is 1.00 bits per heavy atom. The molecule has 1 saturated carbocycles. The molecular formula is C32H30FNO7. The second kappa shape index (κ2) is 11.6. The van der Waals surface area contributed by atoms with Gasteiger partial charge in [-0.25, -0.2) is 9.18 Å². The van der Waals surface area contributed by atoms with Crippen molar-refractivity contribution >= 4 is 22.8 Å². The highest BCUT2D eigenvalue weighted by Crippen LogP contribution is 2.39. The Morgan fingerprint density at radius 3 is 2.10 bits per heavy atom. The van der Waals surface area contributed by atoms with E-state index in [9.17, 15) is 24.6 Å². The summed E-state index contributed by atoms with van der Waals surface area (Å²) >= 11 is 0. The van der Waals surface area contributed by atoms with Crippen molar-refractivity contribution in [1.29, 1.82) is 0 Å². The standard InChI is InChI=1S/C32H30FNO7/c1-2-40-30(38)24-17-34(22-13-14-22)27-16-25(26(33)15-23(27)28(24)37)32(18-35,19-36)31(39)41-29(20-9-5-3-6-10-20)21-11-7-4-8-12-21/h3-12,15-17,22,29,35-36H,2,13-14,18-19H2,1H3. The molecule has 0 saturated heterocycles. The summed E-state index contributed by atoms with van der Waals surface area (Å²) in [4.78, 5) is 39.5. The molecule has 1 aromatic heterocycles. The lowest BCUT2D eigenvalue weighted by atomic mass is 9.80. The van der Waals surface area contributed by atoms with E-state index in [2.05, 4.69) is 0 Å². The summed E-state index contributed by atoms with van der Waals surface area (Å²) in [6.45, 7) is -0.240. The van der Waals surface area contributed by atoms with E-state index in [4.69, 9.17) is 9.47 Å². The maximum Gasteiger partial charge on any atom is 0.343 e. The van der Waals surface area contributed by atoms with Crippen molar-refractivity contribution in [3.8, 4) is 0 Å². The quantitative estimate of drug-likeness (QED) is 0.280. The number of rotatable bonds is 10. The second-order valence-corrected chi connectivity index (χ2v) is 10.1. The number of carbonyl (C=O) groups excluding carboxylic acids is 2. The lowest BCUT2D eigenvalue weighted by Crippen LogP contribution is -2.45. The smallest absolute Gasteiger partial charge is 0.343 e. The lowest BCUT2D eigenvalue weighted by Gasteiger charge is -2.31. The Bertz CT molecular complexity index is 1590. The molecular weight excluding hydrogens is 529 g/mol. The predicted octanol–water partition coefficient (Wildman–Crippen LogP) is 4.21. The van der Waals surface area contributed by atoms with Crippen LogP contribution in [-0.4, -0.2) is 46.5 Å². The molecule has 1 aliphatic rings. The summed E-state index contributed by atoms with van der Waals surface area (Å²) in [5, 5.41) is 21.0. The molecule has 0 atom stereocenters. The number of pyridine rings is 1. The van der Waals surface area contributed by atoms with Crippen LogP contribution in [0.15, 0.2) is 83.8 Å². The van der Waals surface area contributed by atoms with Gasteiger partial charge < -0.3 is 24.3 Å². The van der Waals surface area contributed by atoms with E-state index in [0.717, 1.165) is 18.9 Å². The predicted molar refractivity (Wildman–Crippen MR) is 149 cm³/mol. The first-order chi connectivity index (χ1) is 19.8. The highest BCUT2D eigenvalue weighted by molar-refractivity contribution is 5.95. The summed E-state index contributed by atoms with van der Waals surface area (Å²) in [5.41, 5.74) is -1.89. The van der Waals surface area contributed by atoms with Crippen molar-refractivity contribution in [3.63, 3.8) is 0 Å². The van der Waals surface area contributed by atoms with Gasteiger partial charge in [-0.2, -0.15) is 0 Å². The monoisotopic (exact) mass is 559 g/mol. The summed E-state index contributed by atoms with van der Waals surface area (Å²) in [7, 11) is 0. The average Bonchev–Trinajstić information content (AvgIpc) is 3.84. The van der Waals surface area contributed by atoms with Gasteiger partial charge in [0.2, 0.25) is 5.43 Å². The van der Waals surface area contributed by atoms with Gasteiger partial charge in [-0.15, -0.1) is 0 Å². The van der Waals surface area contributed by atoms with Crippen LogP contribution >= 0.6 is 0 Å². The van der Waals surface area contributed by atoms with Crippen LogP contribution in [0.5, 0.6) is 0 Å². The van der Waals surface area contributed by atoms with E-state index in [1.54, 1.807) is 60.0 Å². The molecule has 0 bridgehead atoms. The molecule has 4 aromatic rings. The minimum atomic E-state index is -2.19. The summed E-state index contributed by atoms with van der Waals surface area (Å²) in [6.07, 6.45) is 2.04. The molecule has 1 heterocycles. The third-order valence-electron chi connectivity index (χ3n) is 7.43. The second-order valence-electron chi connectivity index (χ2n) is 10.1. The van der Waals surface area contributed by atoms with Crippen molar-refractivity contribution in [2.45, 2.75) is 37.3 Å². The molecule has 9 heteroatoms. The van der Waals surface area contributed by atoms with Crippen molar-refractivity contribution in [1.82, 2.24) is 4.57 Å². The fourth-order valence-electron chi connectivity index (χ4n) is 5.01. The van der Waals surface area contributed by atoms with Crippen LogP contribution in [0.2, 0.25) is 0 Å². The number of fused-ring (bicyclic) bond motifs is 1. The number of hydrogen-bond acceptors (Lipinski definition) is 7. The van der Waals surface area contributed by atoms with E-state index in [0.29, 0.717) is 11.1 Å². The van der Waals surface area contributed by atoms with Crippen LogP contribution in [0.3, 0.4) is 0 Å². The maximum atomic E-state index is 15.8. The van der Waals surface area contributed by atoms with Gasteiger partial charge in [-0.1, -0.05) is 60.7 Å². The van der Waals surface area contributed by atoms with E-state index in [1.165, 1.54) is 12.3 Å². The Kier molecular flexibility index (Phi) is 8.01. The molecule has 0 amide bonds. The van der Waals surface area contributed by atoms with Crippen LogP contribution in [-0.2, 0) is 19.7 Å². The lowest BCUT2D eigenvalue weighted by molar-refractivity contribution is -0.158. The number of carbonyl (C=O) groups is 2. The minimum Gasteiger partial charge on any atom is -0.462 e. The average molecular weight is 560 g/mol. The van der Waals surface area contributed by atoms with Gasteiger partial charge in [0.1, 0.15) is 16.8 Å². The summed E-state index contributed by atoms with van der Waals surface area (Å²) in [6, 6.07) is 20.1. The molecule has 0 unspecified atom stereocenters. The van der Waals surface area contributed by atoms with Gasteiger partial charge in [0.15, 0.2) is 6.10 Å². The molecule has 212 valence electrons. The molecule has 1 fully saturated rings. The maximum absolute atomic E-state index is 15.8. The zero-order valence-corrected chi connectivity index (χ0v) is 22.5. The van der Waals surface area contributed by atoms with Crippen LogP contribution < -0.4 is 5.43 Å². The highest BCUT2D eigenvalue weighted by Gasteiger charge is 2.45. The number of aromatic nitrogens is 1. The number of aliphatic hydroxyl groups is 2. The van der Waals surface area contributed by atoms with Gasteiger partial charge in [0, 0.05) is 23.2 Å². The van der Waals surface area contributed by atoms with Crippen LogP contribution in [0.25, 0.3) is 10.9 Å². The van der Waals surface area contributed by atoms with Crippen molar-refractivity contribution in [2.24, 2.45) is 0 Å². The molecule has 0 radical (unpaired) electrons. The molecule has 3 aromatic carbocycles.